The first-order valence-electron chi connectivity index (χ1n) is 7.70. The first-order chi connectivity index (χ1) is 10.3. The Balaban J connectivity index is 1.63. The van der Waals surface area contributed by atoms with Gasteiger partial charge in [-0.05, 0) is 36.5 Å². The van der Waals surface area contributed by atoms with Crippen molar-refractivity contribution in [3.8, 4) is 5.75 Å². The summed E-state index contributed by atoms with van der Waals surface area (Å²) in [6.07, 6.45) is 6.74. The van der Waals surface area contributed by atoms with Gasteiger partial charge in [0.25, 0.3) is 0 Å². The molecule has 0 fully saturated rings. The van der Waals surface area contributed by atoms with E-state index < -0.39 is 6.10 Å². The molecule has 112 valence electrons. The number of fused-ring (bicyclic) bond motifs is 1. The molecular weight excluding hydrogens is 264 g/mol. The van der Waals surface area contributed by atoms with Crippen molar-refractivity contribution >= 4 is 0 Å². The van der Waals surface area contributed by atoms with Crippen LogP contribution >= 0.6 is 0 Å². The van der Waals surface area contributed by atoms with Gasteiger partial charge in [0, 0.05) is 13.0 Å². The minimum Gasteiger partial charge on any atom is -0.493 e. The maximum Gasteiger partial charge on any atom is 0.122 e. The molecule has 1 aliphatic heterocycles. The Kier molecular flexibility index (Phi) is 4.25. The molecule has 1 aromatic carbocycles. The van der Waals surface area contributed by atoms with E-state index in [2.05, 4.69) is 24.0 Å². The number of aromatic nitrogens is 2. The maximum atomic E-state index is 10.4. The van der Waals surface area contributed by atoms with Gasteiger partial charge in [-0.3, -0.25) is 0 Å². The van der Waals surface area contributed by atoms with Crippen LogP contribution in [0.4, 0.5) is 0 Å². The summed E-state index contributed by atoms with van der Waals surface area (Å²) in [4.78, 5) is 4.15. The van der Waals surface area contributed by atoms with Crippen molar-refractivity contribution in [2.75, 3.05) is 6.61 Å². The molecular formula is C17H22N2O2. The molecule has 2 aromatic rings. The normalized spacial score (nSPS) is 14.8. The third kappa shape index (κ3) is 3.10. The average Bonchev–Trinajstić information content (AvgIpc) is 3.13. The number of hydrogen-bond acceptors (Lipinski definition) is 3. The van der Waals surface area contributed by atoms with Gasteiger partial charge in [0.05, 0.1) is 30.9 Å². The van der Waals surface area contributed by atoms with Gasteiger partial charge < -0.3 is 14.4 Å². The van der Waals surface area contributed by atoms with Crippen LogP contribution in [0.5, 0.6) is 5.75 Å². The van der Waals surface area contributed by atoms with Gasteiger partial charge in [0.1, 0.15) is 5.75 Å². The standard InChI is InChI=1S/C17H22N2O2/c1-2-8-19-12-18-11-15(19)16(20)5-3-13-4-6-17-14(10-13)7-9-21-17/h4,6,10-12,16,20H,2-3,5,7-9H2,1H3. The second-order valence-electron chi connectivity index (χ2n) is 5.61. The summed E-state index contributed by atoms with van der Waals surface area (Å²) in [5.74, 6) is 1.01. The fraction of sp³-hybridized carbons (Fsp3) is 0.471. The lowest BCUT2D eigenvalue weighted by Gasteiger charge is -2.13. The van der Waals surface area contributed by atoms with E-state index in [1.807, 2.05) is 10.6 Å². The second-order valence-corrected chi connectivity index (χ2v) is 5.61. The van der Waals surface area contributed by atoms with Crippen LogP contribution in [0.2, 0.25) is 0 Å². The van der Waals surface area contributed by atoms with E-state index >= 15 is 0 Å². The monoisotopic (exact) mass is 286 g/mol. The lowest BCUT2D eigenvalue weighted by atomic mass is 10.0. The molecule has 0 bridgehead atoms. The van der Waals surface area contributed by atoms with Crippen molar-refractivity contribution in [3.05, 3.63) is 47.5 Å². The highest BCUT2D eigenvalue weighted by molar-refractivity contribution is 5.39. The minimum atomic E-state index is -0.455. The number of benzene rings is 1. The van der Waals surface area contributed by atoms with Crippen molar-refractivity contribution in [2.24, 2.45) is 0 Å². The number of imidazole rings is 1. The predicted octanol–water partition coefficient (Wildman–Crippen LogP) is 2.89. The topological polar surface area (TPSA) is 47.3 Å². The number of nitrogens with zero attached hydrogens (tertiary/aromatic N) is 2. The number of aliphatic hydroxyl groups excluding tert-OH is 1. The number of rotatable bonds is 6. The molecule has 4 heteroatoms. The zero-order valence-electron chi connectivity index (χ0n) is 12.5. The predicted molar refractivity (Wildman–Crippen MR) is 81.4 cm³/mol. The first kappa shape index (κ1) is 14.1. The quantitative estimate of drug-likeness (QED) is 0.888. The van der Waals surface area contributed by atoms with Crippen LogP contribution in [0.3, 0.4) is 0 Å². The first-order valence-corrected chi connectivity index (χ1v) is 7.70. The number of aryl methyl sites for hydroxylation is 2. The molecule has 2 heterocycles. The minimum absolute atomic E-state index is 0.455. The van der Waals surface area contributed by atoms with Crippen molar-refractivity contribution in [1.29, 1.82) is 0 Å². The van der Waals surface area contributed by atoms with Crippen LogP contribution < -0.4 is 4.74 Å². The molecule has 1 unspecified atom stereocenters. The van der Waals surface area contributed by atoms with E-state index in [9.17, 15) is 5.11 Å². The fourth-order valence-corrected chi connectivity index (χ4v) is 2.88. The molecule has 0 amide bonds. The van der Waals surface area contributed by atoms with Crippen LogP contribution in [0.25, 0.3) is 0 Å². The van der Waals surface area contributed by atoms with Gasteiger partial charge in [-0.2, -0.15) is 0 Å². The Labute approximate surface area is 125 Å². The summed E-state index contributed by atoms with van der Waals surface area (Å²) in [6.45, 7) is 3.82. The Bertz CT molecular complexity index is 607. The molecule has 1 atom stereocenters. The maximum absolute atomic E-state index is 10.4. The van der Waals surface area contributed by atoms with Crippen molar-refractivity contribution in [2.45, 2.75) is 45.3 Å². The van der Waals surface area contributed by atoms with E-state index in [0.717, 1.165) is 50.3 Å². The second kappa shape index (κ2) is 6.31. The lowest BCUT2D eigenvalue weighted by molar-refractivity contribution is 0.158. The van der Waals surface area contributed by atoms with Crippen molar-refractivity contribution in [3.63, 3.8) is 0 Å². The molecule has 0 saturated carbocycles. The largest absolute Gasteiger partial charge is 0.493 e. The molecule has 4 nitrogen and oxygen atoms in total. The van der Waals surface area contributed by atoms with E-state index in [1.165, 1.54) is 11.1 Å². The third-order valence-corrected chi connectivity index (χ3v) is 4.01. The van der Waals surface area contributed by atoms with Gasteiger partial charge in [-0.25, -0.2) is 4.98 Å². The summed E-state index contributed by atoms with van der Waals surface area (Å²) < 4.78 is 7.56. The number of ether oxygens (including phenoxy) is 1. The van der Waals surface area contributed by atoms with Crippen LogP contribution in [0.1, 0.15) is 42.7 Å². The molecule has 0 saturated heterocycles. The Morgan fingerprint density at radius 3 is 3.19 bits per heavy atom. The van der Waals surface area contributed by atoms with Crippen molar-refractivity contribution < 1.29 is 9.84 Å². The molecule has 1 aliphatic rings. The number of hydrogen-bond donors (Lipinski definition) is 1. The van der Waals surface area contributed by atoms with Gasteiger partial charge >= 0.3 is 0 Å². The smallest absolute Gasteiger partial charge is 0.122 e. The summed E-state index contributed by atoms with van der Waals surface area (Å²) in [6, 6.07) is 6.35. The molecule has 0 aliphatic carbocycles. The summed E-state index contributed by atoms with van der Waals surface area (Å²) in [5.41, 5.74) is 3.47. The van der Waals surface area contributed by atoms with Gasteiger partial charge in [-0.1, -0.05) is 19.1 Å². The molecule has 21 heavy (non-hydrogen) atoms. The summed E-state index contributed by atoms with van der Waals surface area (Å²) >= 11 is 0. The Hall–Kier alpha value is -1.81. The van der Waals surface area contributed by atoms with Crippen LogP contribution in [-0.4, -0.2) is 21.3 Å². The molecule has 3 rings (SSSR count). The van der Waals surface area contributed by atoms with Gasteiger partial charge in [-0.15, -0.1) is 0 Å². The Morgan fingerprint density at radius 2 is 2.33 bits per heavy atom. The molecule has 1 aromatic heterocycles. The fourth-order valence-electron chi connectivity index (χ4n) is 2.88. The molecule has 0 radical (unpaired) electrons. The SMILES string of the molecule is CCCn1cncc1C(O)CCc1ccc2c(c1)CCO2. The van der Waals surface area contributed by atoms with Crippen LogP contribution in [0, 0.1) is 0 Å². The number of aliphatic hydroxyl groups is 1. The Morgan fingerprint density at radius 1 is 1.43 bits per heavy atom. The van der Waals surface area contributed by atoms with E-state index in [0.29, 0.717) is 0 Å². The molecule has 1 N–H and O–H groups in total. The van der Waals surface area contributed by atoms with Crippen LogP contribution in [-0.2, 0) is 19.4 Å². The van der Waals surface area contributed by atoms with E-state index in [-0.39, 0.29) is 0 Å². The van der Waals surface area contributed by atoms with Crippen molar-refractivity contribution in [1.82, 2.24) is 9.55 Å². The molecule has 0 spiro atoms. The highest BCUT2D eigenvalue weighted by Gasteiger charge is 2.15. The van der Waals surface area contributed by atoms with E-state index in [4.69, 9.17) is 4.74 Å². The highest BCUT2D eigenvalue weighted by Crippen LogP contribution is 2.27. The third-order valence-electron chi connectivity index (χ3n) is 4.01. The summed E-state index contributed by atoms with van der Waals surface area (Å²) in [5, 5.41) is 10.4. The van der Waals surface area contributed by atoms with Gasteiger partial charge in [0.2, 0.25) is 0 Å². The average molecular weight is 286 g/mol. The highest BCUT2D eigenvalue weighted by atomic mass is 16.5. The zero-order chi connectivity index (χ0) is 14.7. The van der Waals surface area contributed by atoms with E-state index in [1.54, 1.807) is 12.5 Å². The lowest BCUT2D eigenvalue weighted by Crippen LogP contribution is -2.08. The zero-order valence-corrected chi connectivity index (χ0v) is 12.5. The summed E-state index contributed by atoms with van der Waals surface area (Å²) in [7, 11) is 0. The van der Waals surface area contributed by atoms with Crippen LogP contribution in [0.15, 0.2) is 30.7 Å². The van der Waals surface area contributed by atoms with Gasteiger partial charge in [0.15, 0.2) is 0 Å².